The summed E-state index contributed by atoms with van der Waals surface area (Å²) < 4.78 is 5.52. The Morgan fingerprint density at radius 2 is 2.10 bits per heavy atom. The molecule has 1 saturated heterocycles. The molecular formula is C15H20ClNO4. The lowest BCUT2D eigenvalue weighted by Gasteiger charge is -2.17. The fourth-order valence-corrected chi connectivity index (χ4v) is 2.38. The third-order valence-electron chi connectivity index (χ3n) is 3.57. The topological polar surface area (TPSA) is 66.8 Å². The van der Waals surface area contributed by atoms with Gasteiger partial charge in [-0.05, 0) is 31.9 Å². The van der Waals surface area contributed by atoms with Gasteiger partial charge in [0.2, 0.25) is 0 Å². The highest BCUT2D eigenvalue weighted by Gasteiger charge is 2.30. The quantitative estimate of drug-likeness (QED) is 0.923. The molecule has 1 fully saturated rings. The summed E-state index contributed by atoms with van der Waals surface area (Å²) in [5.74, 6) is -0.748. The van der Waals surface area contributed by atoms with Crippen LogP contribution in [0.25, 0.3) is 0 Å². The standard InChI is InChI=1S/C15H19NO4.ClH/c1-10-3-4-13(11(2)7-10)20-9-14(17)16-6-5-12(8-16)15(18)19;/h3-4,7,12H,5-6,8-9H2,1-2H3,(H,18,19);1H. The second-order valence-corrected chi connectivity index (χ2v) is 5.22. The zero-order chi connectivity index (χ0) is 14.7. The minimum atomic E-state index is -0.837. The molecule has 0 saturated carbocycles. The number of carbonyl (C=O) groups excluding carboxylic acids is 1. The normalized spacial score (nSPS) is 17.2. The number of benzene rings is 1. The van der Waals surface area contributed by atoms with Crippen LogP contribution in [-0.4, -0.2) is 41.6 Å². The summed E-state index contributed by atoms with van der Waals surface area (Å²) >= 11 is 0. The van der Waals surface area contributed by atoms with E-state index >= 15 is 0 Å². The van der Waals surface area contributed by atoms with Gasteiger partial charge in [0.25, 0.3) is 5.91 Å². The van der Waals surface area contributed by atoms with Gasteiger partial charge in [0.1, 0.15) is 5.75 Å². The van der Waals surface area contributed by atoms with Gasteiger partial charge in [0.15, 0.2) is 6.61 Å². The van der Waals surface area contributed by atoms with Crippen LogP contribution < -0.4 is 4.74 Å². The number of aryl methyl sites for hydroxylation is 2. The lowest BCUT2D eigenvalue weighted by Crippen LogP contribution is -2.33. The summed E-state index contributed by atoms with van der Waals surface area (Å²) in [6.07, 6.45) is 0.518. The first-order chi connectivity index (χ1) is 9.47. The predicted molar refractivity (Wildman–Crippen MR) is 81.0 cm³/mol. The minimum absolute atomic E-state index is 0. The number of hydrogen-bond acceptors (Lipinski definition) is 3. The zero-order valence-electron chi connectivity index (χ0n) is 12.2. The Balaban J connectivity index is 0.00000220. The van der Waals surface area contributed by atoms with E-state index in [0.717, 1.165) is 11.1 Å². The highest BCUT2D eigenvalue weighted by atomic mass is 35.5. The second kappa shape index (κ2) is 7.31. The van der Waals surface area contributed by atoms with E-state index in [2.05, 4.69) is 0 Å². The van der Waals surface area contributed by atoms with Gasteiger partial charge in [0, 0.05) is 13.1 Å². The fraction of sp³-hybridized carbons (Fsp3) is 0.467. The predicted octanol–water partition coefficient (Wildman–Crippen LogP) is 2.04. The second-order valence-electron chi connectivity index (χ2n) is 5.22. The number of carboxylic acid groups (broad SMARTS) is 1. The molecule has 1 N–H and O–H groups in total. The summed E-state index contributed by atoms with van der Waals surface area (Å²) in [6, 6.07) is 5.78. The summed E-state index contributed by atoms with van der Waals surface area (Å²) in [4.78, 5) is 24.4. The smallest absolute Gasteiger partial charge is 0.308 e. The molecule has 1 aliphatic heterocycles. The number of carbonyl (C=O) groups is 2. The number of hydrogen-bond donors (Lipinski definition) is 1. The Labute approximate surface area is 130 Å². The van der Waals surface area contributed by atoms with Crippen LogP contribution in [0.1, 0.15) is 17.5 Å². The third-order valence-corrected chi connectivity index (χ3v) is 3.57. The number of halogens is 1. The number of amides is 1. The molecule has 1 aromatic rings. The molecule has 0 spiro atoms. The highest BCUT2D eigenvalue weighted by molar-refractivity contribution is 5.85. The van der Waals surface area contributed by atoms with Crippen LogP contribution in [0, 0.1) is 19.8 Å². The van der Waals surface area contributed by atoms with Crippen molar-refractivity contribution in [2.24, 2.45) is 5.92 Å². The number of carboxylic acids is 1. The van der Waals surface area contributed by atoms with Gasteiger partial charge in [-0.3, -0.25) is 9.59 Å². The Bertz CT molecular complexity index is 532. The van der Waals surface area contributed by atoms with E-state index in [-0.39, 0.29) is 31.5 Å². The monoisotopic (exact) mass is 313 g/mol. The van der Waals surface area contributed by atoms with E-state index in [9.17, 15) is 9.59 Å². The molecule has 1 aromatic carbocycles. The highest BCUT2D eigenvalue weighted by Crippen LogP contribution is 2.20. The lowest BCUT2D eigenvalue weighted by molar-refractivity contribution is -0.141. The Kier molecular flexibility index (Phi) is 6.03. The molecular weight excluding hydrogens is 294 g/mol. The van der Waals surface area contributed by atoms with Crippen molar-refractivity contribution >= 4 is 24.3 Å². The largest absolute Gasteiger partial charge is 0.484 e. The van der Waals surface area contributed by atoms with Gasteiger partial charge in [0.05, 0.1) is 5.92 Å². The molecule has 21 heavy (non-hydrogen) atoms. The number of rotatable bonds is 4. The van der Waals surface area contributed by atoms with Crippen molar-refractivity contribution in [3.05, 3.63) is 29.3 Å². The van der Waals surface area contributed by atoms with E-state index in [0.29, 0.717) is 18.7 Å². The molecule has 1 unspecified atom stereocenters. The molecule has 2 rings (SSSR count). The molecule has 116 valence electrons. The van der Waals surface area contributed by atoms with Crippen LogP contribution in [-0.2, 0) is 9.59 Å². The van der Waals surface area contributed by atoms with Crippen molar-refractivity contribution in [3.8, 4) is 5.75 Å². The number of aliphatic carboxylic acids is 1. The van der Waals surface area contributed by atoms with Gasteiger partial charge >= 0.3 is 5.97 Å². The first-order valence-corrected chi connectivity index (χ1v) is 6.68. The maximum atomic E-state index is 12.0. The molecule has 1 aliphatic rings. The number of nitrogens with zero attached hydrogens (tertiary/aromatic N) is 1. The first-order valence-electron chi connectivity index (χ1n) is 6.68. The van der Waals surface area contributed by atoms with Crippen LogP contribution in [0.5, 0.6) is 5.75 Å². The maximum Gasteiger partial charge on any atom is 0.308 e. The van der Waals surface area contributed by atoms with E-state index in [1.807, 2.05) is 32.0 Å². The Hall–Kier alpha value is -1.75. The molecule has 0 aromatic heterocycles. The van der Waals surface area contributed by atoms with Crippen molar-refractivity contribution in [1.82, 2.24) is 4.90 Å². The van der Waals surface area contributed by atoms with Crippen LogP contribution in [0.3, 0.4) is 0 Å². The Morgan fingerprint density at radius 1 is 1.38 bits per heavy atom. The Morgan fingerprint density at radius 3 is 2.67 bits per heavy atom. The molecule has 0 bridgehead atoms. The minimum Gasteiger partial charge on any atom is -0.484 e. The molecule has 1 amide bonds. The molecule has 0 aliphatic carbocycles. The zero-order valence-corrected chi connectivity index (χ0v) is 13.0. The summed E-state index contributed by atoms with van der Waals surface area (Å²) in [7, 11) is 0. The van der Waals surface area contributed by atoms with E-state index < -0.39 is 11.9 Å². The van der Waals surface area contributed by atoms with Crippen LogP contribution >= 0.6 is 12.4 Å². The first kappa shape index (κ1) is 17.3. The third kappa shape index (κ3) is 4.36. The summed E-state index contributed by atoms with van der Waals surface area (Å²) in [5.41, 5.74) is 2.13. The van der Waals surface area contributed by atoms with E-state index in [1.54, 1.807) is 4.90 Å². The van der Waals surface area contributed by atoms with Gasteiger partial charge < -0.3 is 14.7 Å². The van der Waals surface area contributed by atoms with Crippen LogP contribution in [0.2, 0.25) is 0 Å². The molecule has 0 radical (unpaired) electrons. The van der Waals surface area contributed by atoms with Gasteiger partial charge in [-0.25, -0.2) is 0 Å². The number of likely N-dealkylation sites (tertiary alicyclic amines) is 1. The van der Waals surface area contributed by atoms with E-state index in [1.165, 1.54) is 0 Å². The lowest BCUT2D eigenvalue weighted by atomic mass is 10.1. The van der Waals surface area contributed by atoms with Crippen LogP contribution in [0.15, 0.2) is 18.2 Å². The van der Waals surface area contributed by atoms with Crippen LogP contribution in [0.4, 0.5) is 0 Å². The van der Waals surface area contributed by atoms with Gasteiger partial charge in [-0.15, -0.1) is 12.4 Å². The molecule has 6 heteroatoms. The maximum absolute atomic E-state index is 12.0. The van der Waals surface area contributed by atoms with Gasteiger partial charge in [-0.2, -0.15) is 0 Å². The van der Waals surface area contributed by atoms with Crippen molar-refractivity contribution in [2.75, 3.05) is 19.7 Å². The van der Waals surface area contributed by atoms with Crippen molar-refractivity contribution < 1.29 is 19.4 Å². The number of ether oxygens (including phenoxy) is 1. The van der Waals surface area contributed by atoms with Crippen molar-refractivity contribution in [2.45, 2.75) is 20.3 Å². The van der Waals surface area contributed by atoms with Gasteiger partial charge in [-0.1, -0.05) is 17.7 Å². The SMILES string of the molecule is Cc1ccc(OCC(=O)N2CCC(C(=O)O)C2)c(C)c1.Cl. The molecule has 1 atom stereocenters. The van der Waals surface area contributed by atoms with E-state index in [4.69, 9.17) is 9.84 Å². The average Bonchev–Trinajstić information content (AvgIpc) is 2.87. The summed E-state index contributed by atoms with van der Waals surface area (Å²) in [6.45, 7) is 4.66. The summed E-state index contributed by atoms with van der Waals surface area (Å²) in [5, 5.41) is 8.91. The average molecular weight is 314 g/mol. The van der Waals surface area contributed by atoms with Crippen molar-refractivity contribution in [3.63, 3.8) is 0 Å². The van der Waals surface area contributed by atoms with Crippen molar-refractivity contribution in [1.29, 1.82) is 0 Å². The molecule has 1 heterocycles. The fourth-order valence-electron chi connectivity index (χ4n) is 2.38. The molecule has 5 nitrogen and oxygen atoms in total.